The summed E-state index contributed by atoms with van der Waals surface area (Å²) >= 11 is 0. The number of hydrogen-bond acceptors (Lipinski definition) is 6. The minimum atomic E-state index is 0.761. The van der Waals surface area contributed by atoms with Gasteiger partial charge in [-0.3, -0.25) is 0 Å². The van der Waals surface area contributed by atoms with Gasteiger partial charge in [0.05, 0.1) is 6.20 Å². The molecular formula is C13H24N6. The van der Waals surface area contributed by atoms with Crippen molar-refractivity contribution >= 4 is 11.8 Å². The molecule has 0 radical (unpaired) electrons. The SMILES string of the molecule is CN(C)CCNc1cnnc(N2CCCCCC2)n1. The highest BCUT2D eigenvalue weighted by molar-refractivity contribution is 5.38. The third-order valence-electron chi connectivity index (χ3n) is 3.30. The number of anilines is 2. The van der Waals surface area contributed by atoms with E-state index >= 15 is 0 Å². The van der Waals surface area contributed by atoms with Crippen molar-refractivity contribution in [1.82, 2.24) is 20.1 Å². The van der Waals surface area contributed by atoms with Crippen LogP contribution in [0.3, 0.4) is 0 Å². The molecule has 0 amide bonds. The van der Waals surface area contributed by atoms with Crippen LogP contribution < -0.4 is 10.2 Å². The van der Waals surface area contributed by atoms with Gasteiger partial charge in [-0.15, -0.1) is 5.10 Å². The third-order valence-corrected chi connectivity index (χ3v) is 3.30. The van der Waals surface area contributed by atoms with Crippen molar-refractivity contribution in [2.45, 2.75) is 25.7 Å². The monoisotopic (exact) mass is 264 g/mol. The summed E-state index contributed by atoms with van der Waals surface area (Å²) in [7, 11) is 4.12. The molecule has 1 N–H and O–H groups in total. The van der Waals surface area contributed by atoms with Gasteiger partial charge in [0.25, 0.3) is 0 Å². The molecule has 0 spiro atoms. The lowest BCUT2D eigenvalue weighted by atomic mass is 10.2. The molecule has 0 bridgehead atoms. The van der Waals surface area contributed by atoms with Crippen LogP contribution in [-0.4, -0.2) is 60.4 Å². The Bertz CT molecular complexity index is 373. The van der Waals surface area contributed by atoms with Gasteiger partial charge in [-0.25, -0.2) is 0 Å². The van der Waals surface area contributed by atoms with Crippen molar-refractivity contribution in [2.75, 3.05) is 50.5 Å². The molecule has 19 heavy (non-hydrogen) atoms. The summed E-state index contributed by atoms with van der Waals surface area (Å²) in [6.45, 7) is 3.93. The van der Waals surface area contributed by atoms with Gasteiger partial charge in [-0.05, 0) is 26.9 Å². The summed E-state index contributed by atoms with van der Waals surface area (Å²) in [6.07, 6.45) is 6.76. The highest BCUT2D eigenvalue weighted by atomic mass is 15.3. The van der Waals surface area contributed by atoms with E-state index in [0.717, 1.165) is 37.9 Å². The zero-order chi connectivity index (χ0) is 13.5. The minimum Gasteiger partial charge on any atom is -0.367 e. The average Bonchev–Trinajstić information content (AvgIpc) is 2.67. The fraction of sp³-hybridized carbons (Fsp3) is 0.769. The molecule has 1 fully saturated rings. The van der Waals surface area contributed by atoms with E-state index in [1.807, 2.05) is 0 Å². The Morgan fingerprint density at radius 2 is 1.95 bits per heavy atom. The first-order valence-corrected chi connectivity index (χ1v) is 7.09. The molecule has 0 aliphatic carbocycles. The van der Waals surface area contributed by atoms with E-state index in [1.165, 1.54) is 25.7 Å². The van der Waals surface area contributed by atoms with Gasteiger partial charge >= 0.3 is 0 Å². The van der Waals surface area contributed by atoms with E-state index in [0.29, 0.717) is 0 Å². The van der Waals surface area contributed by atoms with Crippen molar-refractivity contribution in [3.8, 4) is 0 Å². The molecule has 0 aromatic carbocycles. The summed E-state index contributed by atoms with van der Waals surface area (Å²) in [5, 5.41) is 11.5. The van der Waals surface area contributed by atoms with E-state index in [4.69, 9.17) is 0 Å². The van der Waals surface area contributed by atoms with E-state index < -0.39 is 0 Å². The molecule has 6 heteroatoms. The molecule has 0 unspecified atom stereocenters. The maximum Gasteiger partial charge on any atom is 0.247 e. The molecule has 1 aromatic heterocycles. The quantitative estimate of drug-likeness (QED) is 0.863. The Morgan fingerprint density at radius 3 is 2.63 bits per heavy atom. The lowest BCUT2D eigenvalue weighted by Crippen LogP contribution is -2.27. The summed E-state index contributed by atoms with van der Waals surface area (Å²) in [4.78, 5) is 8.94. The van der Waals surface area contributed by atoms with Crippen molar-refractivity contribution in [2.24, 2.45) is 0 Å². The first kappa shape index (κ1) is 14.0. The fourth-order valence-corrected chi connectivity index (χ4v) is 2.19. The van der Waals surface area contributed by atoms with Crippen molar-refractivity contribution in [1.29, 1.82) is 0 Å². The van der Waals surface area contributed by atoms with E-state index in [2.05, 4.69) is 44.4 Å². The smallest absolute Gasteiger partial charge is 0.247 e. The first-order chi connectivity index (χ1) is 9.25. The van der Waals surface area contributed by atoms with Gasteiger partial charge < -0.3 is 15.1 Å². The number of aromatic nitrogens is 3. The van der Waals surface area contributed by atoms with Gasteiger partial charge in [0.15, 0.2) is 5.82 Å². The van der Waals surface area contributed by atoms with Crippen molar-refractivity contribution in [3.05, 3.63) is 6.20 Å². The van der Waals surface area contributed by atoms with Crippen molar-refractivity contribution in [3.63, 3.8) is 0 Å². The molecular weight excluding hydrogens is 240 g/mol. The van der Waals surface area contributed by atoms with Crippen LogP contribution in [0.5, 0.6) is 0 Å². The van der Waals surface area contributed by atoms with Crippen LogP contribution in [0.15, 0.2) is 6.20 Å². The van der Waals surface area contributed by atoms with Crippen LogP contribution in [0, 0.1) is 0 Å². The Kier molecular flexibility index (Phi) is 5.32. The highest BCUT2D eigenvalue weighted by Crippen LogP contribution is 2.15. The standard InChI is InChI=1S/C13H24N6/c1-18(2)10-7-14-12-11-15-17-13(16-12)19-8-5-3-4-6-9-19/h11H,3-10H2,1-2H3,(H,14,16,17). The second-order valence-corrected chi connectivity index (χ2v) is 5.27. The first-order valence-electron chi connectivity index (χ1n) is 7.09. The second kappa shape index (κ2) is 7.23. The third kappa shape index (κ3) is 4.63. The molecule has 2 heterocycles. The number of likely N-dealkylation sites (N-methyl/N-ethyl adjacent to an activating group) is 1. The lowest BCUT2D eigenvalue weighted by molar-refractivity contribution is 0.425. The lowest BCUT2D eigenvalue weighted by Gasteiger charge is -2.19. The van der Waals surface area contributed by atoms with Gasteiger partial charge in [0.1, 0.15) is 0 Å². The molecule has 1 saturated heterocycles. The van der Waals surface area contributed by atoms with Crippen LogP contribution in [0.25, 0.3) is 0 Å². The van der Waals surface area contributed by atoms with Crippen LogP contribution in [0.1, 0.15) is 25.7 Å². The summed E-state index contributed by atoms with van der Waals surface area (Å²) in [6, 6.07) is 0. The summed E-state index contributed by atoms with van der Waals surface area (Å²) in [5.41, 5.74) is 0. The summed E-state index contributed by atoms with van der Waals surface area (Å²) in [5.74, 6) is 1.58. The van der Waals surface area contributed by atoms with Gasteiger partial charge in [-0.1, -0.05) is 12.8 Å². The highest BCUT2D eigenvalue weighted by Gasteiger charge is 2.13. The molecule has 0 atom stereocenters. The average molecular weight is 264 g/mol. The number of rotatable bonds is 5. The van der Waals surface area contributed by atoms with E-state index in [-0.39, 0.29) is 0 Å². The Hall–Kier alpha value is -1.43. The fourth-order valence-electron chi connectivity index (χ4n) is 2.19. The number of nitrogens with one attached hydrogen (secondary N) is 1. The van der Waals surface area contributed by atoms with E-state index in [9.17, 15) is 0 Å². The number of nitrogens with zero attached hydrogens (tertiary/aromatic N) is 5. The zero-order valence-corrected chi connectivity index (χ0v) is 12.0. The summed E-state index contributed by atoms with van der Waals surface area (Å²) < 4.78 is 0. The maximum atomic E-state index is 4.56. The topological polar surface area (TPSA) is 57.2 Å². The van der Waals surface area contributed by atoms with Crippen LogP contribution >= 0.6 is 0 Å². The largest absolute Gasteiger partial charge is 0.367 e. The van der Waals surface area contributed by atoms with Gasteiger partial charge in [0.2, 0.25) is 5.95 Å². The maximum absolute atomic E-state index is 4.56. The predicted molar refractivity (Wildman–Crippen MR) is 77.6 cm³/mol. The molecule has 106 valence electrons. The number of hydrogen-bond donors (Lipinski definition) is 1. The van der Waals surface area contributed by atoms with Gasteiger partial charge in [0, 0.05) is 26.2 Å². The minimum absolute atomic E-state index is 0.761. The molecule has 2 rings (SSSR count). The molecule has 0 saturated carbocycles. The zero-order valence-electron chi connectivity index (χ0n) is 12.0. The Morgan fingerprint density at radius 1 is 1.21 bits per heavy atom. The Labute approximate surface area is 115 Å². The molecule has 6 nitrogen and oxygen atoms in total. The molecule has 1 aliphatic rings. The second-order valence-electron chi connectivity index (χ2n) is 5.27. The normalized spacial score (nSPS) is 16.5. The van der Waals surface area contributed by atoms with Gasteiger partial charge in [-0.2, -0.15) is 10.1 Å². The Balaban J connectivity index is 1.93. The van der Waals surface area contributed by atoms with Crippen LogP contribution in [0.2, 0.25) is 0 Å². The molecule has 1 aliphatic heterocycles. The van der Waals surface area contributed by atoms with E-state index in [1.54, 1.807) is 6.20 Å². The van der Waals surface area contributed by atoms with Crippen LogP contribution in [0.4, 0.5) is 11.8 Å². The molecule has 1 aromatic rings. The predicted octanol–water partition coefficient (Wildman–Crippen LogP) is 1.23. The van der Waals surface area contributed by atoms with Crippen molar-refractivity contribution < 1.29 is 0 Å². The van der Waals surface area contributed by atoms with Crippen LogP contribution in [-0.2, 0) is 0 Å².